The Labute approximate surface area is 107 Å². The summed E-state index contributed by atoms with van der Waals surface area (Å²) in [7, 11) is 0. The fourth-order valence-corrected chi connectivity index (χ4v) is 1.42. The predicted octanol–water partition coefficient (Wildman–Crippen LogP) is 1.98. The van der Waals surface area contributed by atoms with E-state index in [4.69, 9.17) is 5.26 Å². The van der Waals surface area contributed by atoms with Crippen molar-refractivity contribution in [1.29, 1.82) is 5.26 Å². The summed E-state index contributed by atoms with van der Waals surface area (Å²) in [4.78, 5) is 3.72. The zero-order valence-corrected chi connectivity index (χ0v) is 9.81. The standard InChI is InChI=1S/C11H11F3N2O3/c12-6-17-11(18-7-13,19-8-14)4-9-1-2-16-10(3-9)5-15/h1-3H,4,6-8H2. The van der Waals surface area contributed by atoms with Crippen molar-refractivity contribution >= 4 is 0 Å². The summed E-state index contributed by atoms with van der Waals surface area (Å²) < 4.78 is 50.4. The minimum atomic E-state index is -2.22. The number of nitrogens with zero attached hydrogens (tertiary/aromatic N) is 2. The maximum absolute atomic E-state index is 12.3. The molecule has 1 rings (SSSR count). The fraction of sp³-hybridized carbons (Fsp3) is 0.455. The number of pyridine rings is 1. The van der Waals surface area contributed by atoms with Crippen LogP contribution in [0.3, 0.4) is 0 Å². The van der Waals surface area contributed by atoms with Crippen molar-refractivity contribution in [1.82, 2.24) is 4.98 Å². The van der Waals surface area contributed by atoms with Crippen LogP contribution in [0.15, 0.2) is 18.3 Å². The summed E-state index contributed by atoms with van der Waals surface area (Å²) in [5, 5.41) is 8.68. The van der Waals surface area contributed by atoms with E-state index in [0.717, 1.165) is 0 Å². The second-order valence-electron chi connectivity index (χ2n) is 3.28. The Balaban J connectivity index is 2.94. The van der Waals surface area contributed by atoms with Crippen LogP contribution in [-0.4, -0.2) is 31.5 Å². The molecule has 0 amide bonds. The molecule has 1 heterocycles. The Morgan fingerprint density at radius 2 is 1.74 bits per heavy atom. The van der Waals surface area contributed by atoms with Crippen LogP contribution in [0.1, 0.15) is 11.3 Å². The van der Waals surface area contributed by atoms with E-state index in [9.17, 15) is 13.2 Å². The number of alkyl halides is 3. The zero-order chi connectivity index (χ0) is 14.1. The number of aromatic nitrogens is 1. The predicted molar refractivity (Wildman–Crippen MR) is 56.6 cm³/mol. The molecule has 0 saturated carbocycles. The molecule has 8 heteroatoms. The molecule has 0 aromatic carbocycles. The van der Waals surface area contributed by atoms with Gasteiger partial charge < -0.3 is 0 Å². The van der Waals surface area contributed by atoms with Crippen LogP contribution in [0.5, 0.6) is 0 Å². The highest BCUT2D eigenvalue weighted by Gasteiger charge is 2.35. The van der Waals surface area contributed by atoms with Crippen LogP contribution in [0.25, 0.3) is 0 Å². The number of hydrogen-bond acceptors (Lipinski definition) is 5. The molecule has 5 nitrogen and oxygen atoms in total. The molecule has 0 atom stereocenters. The smallest absolute Gasteiger partial charge is 0.293 e. The molecule has 0 aliphatic heterocycles. The highest BCUT2D eigenvalue weighted by atomic mass is 19.1. The Kier molecular flexibility index (Phi) is 6.21. The summed E-state index contributed by atoms with van der Waals surface area (Å²) in [6.07, 6.45) is 1.01. The van der Waals surface area contributed by atoms with E-state index < -0.39 is 26.6 Å². The van der Waals surface area contributed by atoms with Crippen LogP contribution in [-0.2, 0) is 20.6 Å². The molecule has 1 aromatic heterocycles. The summed E-state index contributed by atoms with van der Waals surface area (Å²) in [5.74, 6) is -2.22. The summed E-state index contributed by atoms with van der Waals surface area (Å²) in [5.41, 5.74) is 0.481. The lowest BCUT2D eigenvalue weighted by atomic mass is 10.1. The lowest BCUT2D eigenvalue weighted by molar-refractivity contribution is -0.403. The molecule has 0 spiro atoms. The summed E-state index contributed by atoms with van der Waals surface area (Å²) >= 11 is 0. The van der Waals surface area contributed by atoms with Gasteiger partial charge in [-0.25, -0.2) is 18.2 Å². The quantitative estimate of drug-likeness (QED) is 0.679. The van der Waals surface area contributed by atoms with Crippen molar-refractivity contribution in [3.05, 3.63) is 29.6 Å². The topological polar surface area (TPSA) is 64.4 Å². The first-order valence-corrected chi connectivity index (χ1v) is 5.14. The van der Waals surface area contributed by atoms with E-state index in [-0.39, 0.29) is 12.1 Å². The average molecular weight is 276 g/mol. The SMILES string of the molecule is N#Cc1cc(CC(OCF)(OCF)OCF)ccn1. The van der Waals surface area contributed by atoms with Crippen LogP contribution >= 0.6 is 0 Å². The highest BCUT2D eigenvalue weighted by molar-refractivity contribution is 5.25. The molecule has 0 aliphatic rings. The first-order chi connectivity index (χ1) is 9.19. The van der Waals surface area contributed by atoms with Gasteiger partial charge in [-0.2, -0.15) is 5.26 Å². The molecule has 0 saturated heterocycles. The summed E-state index contributed by atoms with van der Waals surface area (Å²) in [6, 6.07) is 4.60. The molecule has 1 aromatic rings. The van der Waals surface area contributed by atoms with Crippen molar-refractivity contribution in [3.8, 4) is 6.07 Å². The van der Waals surface area contributed by atoms with E-state index in [1.807, 2.05) is 0 Å². The van der Waals surface area contributed by atoms with E-state index in [0.29, 0.717) is 5.56 Å². The van der Waals surface area contributed by atoms with E-state index >= 15 is 0 Å². The second kappa shape index (κ2) is 7.68. The second-order valence-corrected chi connectivity index (χ2v) is 3.28. The molecule has 19 heavy (non-hydrogen) atoms. The molecule has 0 unspecified atom stereocenters. The van der Waals surface area contributed by atoms with Gasteiger partial charge in [0.2, 0.25) is 0 Å². The normalized spacial score (nSPS) is 11.3. The minimum absolute atomic E-state index is 0.0899. The minimum Gasteiger partial charge on any atom is -0.295 e. The Morgan fingerprint density at radius 1 is 1.16 bits per heavy atom. The van der Waals surface area contributed by atoms with Gasteiger partial charge in [-0.3, -0.25) is 14.2 Å². The Hall–Kier alpha value is -1.69. The fourth-order valence-electron chi connectivity index (χ4n) is 1.42. The lowest BCUT2D eigenvalue weighted by Gasteiger charge is -2.29. The van der Waals surface area contributed by atoms with E-state index in [1.165, 1.54) is 18.3 Å². The number of ether oxygens (including phenoxy) is 3. The van der Waals surface area contributed by atoms with Crippen LogP contribution in [0.2, 0.25) is 0 Å². The third-order valence-corrected chi connectivity index (χ3v) is 2.18. The first kappa shape index (κ1) is 15.4. The van der Waals surface area contributed by atoms with Crippen LogP contribution < -0.4 is 0 Å². The zero-order valence-electron chi connectivity index (χ0n) is 9.81. The van der Waals surface area contributed by atoms with Gasteiger partial charge in [-0.1, -0.05) is 0 Å². The van der Waals surface area contributed by atoms with Gasteiger partial charge in [0.25, 0.3) is 5.97 Å². The van der Waals surface area contributed by atoms with Crippen molar-refractivity contribution in [2.75, 3.05) is 20.6 Å². The molecule has 0 N–H and O–H groups in total. The van der Waals surface area contributed by atoms with Crippen molar-refractivity contribution < 1.29 is 27.4 Å². The first-order valence-electron chi connectivity index (χ1n) is 5.14. The lowest BCUT2D eigenvalue weighted by Crippen LogP contribution is -2.41. The van der Waals surface area contributed by atoms with Gasteiger partial charge in [0.15, 0.2) is 20.6 Å². The molecular formula is C11H11F3N2O3. The maximum atomic E-state index is 12.3. The van der Waals surface area contributed by atoms with Crippen molar-refractivity contribution in [2.24, 2.45) is 0 Å². The number of hydrogen-bond donors (Lipinski definition) is 0. The van der Waals surface area contributed by atoms with Crippen molar-refractivity contribution in [2.45, 2.75) is 12.4 Å². The molecule has 0 fully saturated rings. The number of rotatable bonds is 8. The molecule has 0 bridgehead atoms. The molecule has 0 aliphatic carbocycles. The van der Waals surface area contributed by atoms with Crippen LogP contribution in [0.4, 0.5) is 13.2 Å². The van der Waals surface area contributed by atoms with Gasteiger partial charge in [-0.15, -0.1) is 0 Å². The molecule has 104 valence electrons. The average Bonchev–Trinajstić information content (AvgIpc) is 2.40. The molecular weight excluding hydrogens is 265 g/mol. The number of halogens is 3. The molecule has 0 radical (unpaired) electrons. The highest BCUT2D eigenvalue weighted by Crippen LogP contribution is 2.22. The van der Waals surface area contributed by atoms with Gasteiger partial charge in [0, 0.05) is 6.20 Å². The largest absolute Gasteiger partial charge is 0.295 e. The third-order valence-electron chi connectivity index (χ3n) is 2.18. The van der Waals surface area contributed by atoms with Crippen molar-refractivity contribution in [3.63, 3.8) is 0 Å². The van der Waals surface area contributed by atoms with E-state index in [1.54, 1.807) is 6.07 Å². The Bertz CT molecular complexity index is 422. The monoisotopic (exact) mass is 276 g/mol. The third kappa shape index (κ3) is 4.48. The van der Waals surface area contributed by atoms with Gasteiger partial charge >= 0.3 is 0 Å². The van der Waals surface area contributed by atoms with Gasteiger partial charge in [0.05, 0.1) is 6.42 Å². The van der Waals surface area contributed by atoms with Crippen LogP contribution in [0, 0.1) is 11.3 Å². The van der Waals surface area contributed by atoms with Gasteiger partial charge in [0.1, 0.15) is 11.8 Å². The summed E-state index contributed by atoms with van der Waals surface area (Å²) in [6.45, 7) is -4.05. The Morgan fingerprint density at radius 3 is 2.21 bits per heavy atom. The maximum Gasteiger partial charge on any atom is 0.293 e. The van der Waals surface area contributed by atoms with Gasteiger partial charge in [-0.05, 0) is 17.7 Å². The van der Waals surface area contributed by atoms with E-state index in [2.05, 4.69) is 19.2 Å². The number of nitriles is 1.